The van der Waals surface area contributed by atoms with Crippen molar-refractivity contribution in [3.05, 3.63) is 16.6 Å². The van der Waals surface area contributed by atoms with Gasteiger partial charge in [-0.05, 0) is 38.8 Å². The van der Waals surface area contributed by atoms with Crippen molar-refractivity contribution in [3.8, 4) is 0 Å². The van der Waals surface area contributed by atoms with Crippen LogP contribution in [0.3, 0.4) is 0 Å². The second-order valence-corrected chi connectivity index (χ2v) is 6.50. The maximum absolute atomic E-state index is 4.38. The van der Waals surface area contributed by atoms with Crippen LogP contribution in [0.4, 0.5) is 0 Å². The van der Waals surface area contributed by atoms with Crippen molar-refractivity contribution in [2.24, 2.45) is 5.92 Å². The molecule has 0 saturated heterocycles. The lowest BCUT2D eigenvalue weighted by atomic mass is 9.84. The molecule has 0 radical (unpaired) electrons. The van der Waals surface area contributed by atoms with Crippen LogP contribution in [0, 0.1) is 5.92 Å². The molecule has 1 aromatic rings. The lowest BCUT2D eigenvalue weighted by Crippen LogP contribution is -2.43. The second kappa shape index (κ2) is 7.98. The highest BCUT2D eigenvalue weighted by Gasteiger charge is 2.25. The van der Waals surface area contributed by atoms with E-state index in [1.165, 1.54) is 44.3 Å². The largest absolute Gasteiger partial charge is 0.314 e. The molecule has 1 aliphatic carbocycles. The summed E-state index contributed by atoms with van der Waals surface area (Å²) in [6.45, 7) is 5.59. The Balaban J connectivity index is 1.80. The zero-order valence-corrected chi connectivity index (χ0v) is 13.1. The summed E-state index contributed by atoms with van der Waals surface area (Å²) in [6.07, 6.45) is 6.77. The molecule has 2 atom stereocenters. The van der Waals surface area contributed by atoms with Crippen molar-refractivity contribution in [1.29, 1.82) is 0 Å². The first-order valence-corrected chi connectivity index (χ1v) is 8.53. The van der Waals surface area contributed by atoms with Gasteiger partial charge in [0.2, 0.25) is 0 Å². The molecule has 0 spiro atoms. The molecule has 1 aromatic heterocycles. The molecule has 1 aliphatic rings. The minimum atomic E-state index is 0.728. The molecule has 0 amide bonds. The molecule has 1 heterocycles. The van der Waals surface area contributed by atoms with Crippen molar-refractivity contribution in [1.82, 2.24) is 15.2 Å². The van der Waals surface area contributed by atoms with Crippen molar-refractivity contribution in [2.45, 2.75) is 51.6 Å². The monoisotopic (exact) mass is 281 g/mol. The van der Waals surface area contributed by atoms with E-state index in [4.69, 9.17) is 0 Å². The number of aromatic nitrogens is 1. The minimum absolute atomic E-state index is 0.728. The Morgan fingerprint density at radius 2 is 2.26 bits per heavy atom. The van der Waals surface area contributed by atoms with Gasteiger partial charge in [-0.15, -0.1) is 11.3 Å². The summed E-state index contributed by atoms with van der Waals surface area (Å²) in [5.41, 5.74) is 3.14. The summed E-state index contributed by atoms with van der Waals surface area (Å²) in [5, 5.41) is 5.90. The third-order valence-electron chi connectivity index (χ3n) is 4.03. The normalized spacial score (nSPS) is 23.9. The first-order valence-electron chi connectivity index (χ1n) is 7.58. The lowest BCUT2D eigenvalue weighted by Gasteiger charge is -2.35. The van der Waals surface area contributed by atoms with Gasteiger partial charge in [-0.1, -0.05) is 19.8 Å². The summed E-state index contributed by atoms with van der Waals surface area (Å²) in [5.74, 6) is 0.809. The number of nitrogens with one attached hydrogen (secondary N) is 1. The second-order valence-electron chi connectivity index (χ2n) is 5.78. The molecule has 2 unspecified atom stereocenters. The standard InChI is InChI=1S/C15H27N3S/c1-3-8-16-15-7-5-4-6-13(15)9-18(2)10-14-11-19-12-17-14/h11-13,15-16H,3-10H2,1-2H3. The average molecular weight is 281 g/mol. The van der Waals surface area contributed by atoms with E-state index in [0.29, 0.717) is 0 Å². The maximum Gasteiger partial charge on any atom is 0.0795 e. The zero-order valence-electron chi connectivity index (χ0n) is 12.3. The predicted molar refractivity (Wildman–Crippen MR) is 82.5 cm³/mol. The van der Waals surface area contributed by atoms with Gasteiger partial charge < -0.3 is 10.2 Å². The van der Waals surface area contributed by atoms with E-state index >= 15 is 0 Å². The Morgan fingerprint density at radius 1 is 1.42 bits per heavy atom. The minimum Gasteiger partial charge on any atom is -0.314 e. The Kier molecular flexibility index (Phi) is 6.28. The van der Waals surface area contributed by atoms with Gasteiger partial charge in [-0.25, -0.2) is 4.98 Å². The van der Waals surface area contributed by atoms with Crippen LogP contribution in [0.15, 0.2) is 10.9 Å². The summed E-state index contributed by atoms with van der Waals surface area (Å²) < 4.78 is 0. The van der Waals surface area contributed by atoms with E-state index in [1.807, 2.05) is 5.51 Å². The van der Waals surface area contributed by atoms with Crippen LogP contribution in [-0.2, 0) is 6.54 Å². The summed E-state index contributed by atoms with van der Waals surface area (Å²) in [7, 11) is 2.23. The molecule has 0 bridgehead atoms. The number of hydrogen-bond acceptors (Lipinski definition) is 4. The van der Waals surface area contributed by atoms with Crippen LogP contribution in [0.2, 0.25) is 0 Å². The number of nitrogens with zero attached hydrogens (tertiary/aromatic N) is 2. The number of thiazole rings is 1. The molecule has 2 rings (SSSR count). The lowest BCUT2D eigenvalue weighted by molar-refractivity contribution is 0.184. The van der Waals surface area contributed by atoms with Gasteiger partial charge >= 0.3 is 0 Å². The molecule has 0 aliphatic heterocycles. The van der Waals surface area contributed by atoms with Crippen LogP contribution in [0.1, 0.15) is 44.7 Å². The molecule has 108 valence electrons. The van der Waals surface area contributed by atoms with Gasteiger partial charge in [0.25, 0.3) is 0 Å². The summed E-state index contributed by atoms with van der Waals surface area (Å²) >= 11 is 1.69. The molecular weight excluding hydrogens is 254 g/mol. The van der Waals surface area contributed by atoms with Crippen molar-refractivity contribution < 1.29 is 0 Å². The Morgan fingerprint density at radius 3 is 3.00 bits per heavy atom. The fraction of sp³-hybridized carbons (Fsp3) is 0.800. The van der Waals surface area contributed by atoms with Crippen molar-refractivity contribution in [2.75, 3.05) is 20.1 Å². The Bertz CT molecular complexity index is 339. The van der Waals surface area contributed by atoms with E-state index < -0.39 is 0 Å². The highest BCUT2D eigenvalue weighted by molar-refractivity contribution is 7.07. The molecule has 4 heteroatoms. The maximum atomic E-state index is 4.38. The van der Waals surface area contributed by atoms with Gasteiger partial charge in [-0.3, -0.25) is 0 Å². The van der Waals surface area contributed by atoms with E-state index in [-0.39, 0.29) is 0 Å². The average Bonchev–Trinajstić information content (AvgIpc) is 2.90. The van der Waals surface area contributed by atoms with E-state index in [9.17, 15) is 0 Å². The number of hydrogen-bond donors (Lipinski definition) is 1. The van der Waals surface area contributed by atoms with E-state index in [1.54, 1.807) is 11.3 Å². The van der Waals surface area contributed by atoms with Gasteiger partial charge in [0.05, 0.1) is 11.2 Å². The molecule has 1 fully saturated rings. The Hall–Kier alpha value is -0.450. The van der Waals surface area contributed by atoms with E-state index in [2.05, 4.69) is 34.6 Å². The SMILES string of the molecule is CCCNC1CCCCC1CN(C)Cc1cscn1. The third-order valence-corrected chi connectivity index (χ3v) is 4.66. The zero-order chi connectivity index (χ0) is 13.5. The fourth-order valence-corrected chi connectivity index (χ4v) is 3.63. The topological polar surface area (TPSA) is 28.2 Å². The quantitative estimate of drug-likeness (QED) is 0.832. The first-order chi connectivity index (χ1) is 9.29. The highest BCUT2D eigenvalue weighted by atomic mass is 32.1. The van der Waals surface area contributed by atoms with Gasteiger partial charge in [-0.2, -0.15) is 0 Å². The first kappa shape index (κ1) is 14.9. The van der Waals surface area contributed by atoms with Gasteiger partial charge in [0.15, 0.2) is 0 Å². The third kappa shape index (κ3) is 4.86. The van der Waals surface area contributed by atoms with Gasteiger partial charge in [0, 0.05) is 24.5 Å². The molecule has 3 nitrogen and oxygen atoms in total. The van der Waals surface area contributed by atoms with Crippen LogP contribution >= 0.6 is 11.3 Å². The highest BCUT2D eigenvalue weighted by Crippen LogP contribution is 2.25. The number of rotatable bonds is 7. The molecular formula is C15H27N3S. The summed E-state index contributed by atoms with van der Waals surface area (Å²) in [4.78, 5) is 6.82. The molecule has 19 heavy (non-hydrogen) atoms. The van der Waals surface area contributed by atoms with Crippen LogP contribution in [-0.4, -0.2) is 36.1 Å². The van der Waals surface area contributed by atoms with Crippen LogP contribution in [0.25, 0.3) is 0 Å². The molecule has 1 saturated carbocycles. The van der Waals surface area contributed by atoms with Crippen LogP contribution < -0.4 is 5.32 Å². The van der Waals surface area contributed by atoms with Crippen molar-refractivity contribution >= 4 is 11.3 Å². The molecule has 1 N–H and O–H groups in total. The fourth-order valence-electron chi connectivity index (χ4n) is 3.08. The van der Waals surface area contributed by atoms with Crippen LogP contribution in [0.5, 0.6) is 0 Å². The smallest absolute Gasteiger partial charge is 0.0795 e. The van der Waals surface area contributed by atoms with E-state index in [0.717, 1.165) is 25.0 Å². The molecule has 0 aromatic carbocycles. The Labute approximate surface area is 121 Å². The van der Waals surface area contributed by atoms with Gasteiger partial charge in [0.1, 0.15) is 0 Å². The van der Waals surface area contributed by atoms with Crippen molar-refractivity contribution in [3.63, 3.8) is 0 Å². The predicted octanol–water partition coefficient (Wildman–Crippen LogP) is 3.13. The summed E-state index contributed by atoms with van der Waals surface area (Å²) in [6, 6.07) is 0.728.